The van der Waals surface area contributed by atoms with Crippen molar-refractivity contribution in [3.05, 3.63) is 45.5 Å². The van der Waals surface area contributed by atoms with Crippen molar-refractivity contribution in [2.75, 3.05) is 0 Å². The topological polar surface area (TPSA) is 110 Å². The molecule has 1 unspecified atom stereocenters. The molecule has 0 bridgehead atoms. The Kier molecular flexibility index (Phi) is 5.74. The fraction of sp³-hybridized carbons (Fsp3) is 0.435. The molecule has 2 N–H and O–H groups in total. The molecule has 2 aromatic heterocycles. The van der Waals surface area contributed by atoms with Crippen molar-refractivity contribution in [1.82, 2.24) is 5.32 Å². The van der Waals surface area contributed by atoms with E-state index in [1.165, 1.54) is 0 Å². The van der Waals surface area contributed by atoms with Gasteiger partial charge in [-0.3, -0.25) is 4.79 Å². The van der Waals surface area contributed by atoms with Gasteiger partial charge in [-0.2, -0.15) is 0 Å². The minimum absolute atomic E-state index is 0.129. The predicted molar refractivity (Wildman–Crippen MR) is 114 cm³/mol. The summed E-state index contributed by atoms with van der Waals surface area (Å²) in [5, 5.41) is 13.4. The Labute approximate surface area is 174 Å². The molecular formula is C23H27NO6. The van der Waals surface area contributed by atoms with Crippen LogP contribution in [0, 0.1) is 6.92 Å². The summed E-state index contributed by atoms with van der Waals surface area (Å²) in [6.45, 7) is 9.87. The third-order valence-corrected chi connectivity index (χ3v) is 5.34. The van der Waals surface area contributed by atoms with Gasteiger partial charge in [-0.15, -0.1) is 0 Å². The molecule has 0 aliphatic rings. The monoisotopic (exact) mass is 413 g/mol. The molecule has 3 rings (SSSR count). The molecule has 0 radical (unpaired) electrons. The minimum atomic E-state index is -1.09. The van der Waals surface area contributed by atoms with E-state index in [0.717, 1.165) is 16.3 Å². The van der Waals surface area contributed by atoms with Crippen LogP contribution in [-0.2, 0) is 21.4 Å². The number of hydrogen-bond donors (Lipinski definition) is 2. The van der Waals surface area contributed by atoms with E-state index in [1.807, 2.05) is 13.0 Å². The zero-order valence-electron chi connectivity index (χ0n) is 17.9. The Bertz CT molecular complexity index is 1180. The van der Waals surface area contributed by atoms with E-state index in [0.29, 0.717) is 29.6 Å². The molecule has 1 aromatic carbocycles. The van der Waals surface area contributed by atoms with Gasteiger partial charge >= 0.3 is 11.6 Å². The molecule has 0 fully saturated rings. The van der Waals surface area contributed by atoms with E-state index in [1.54, 1.807) is 19.3 Å². The lowest BCUT2D eigenvalue weighted by atomic mass is 9.86. The molecule has 1 atom stereocenters. The molecule has 0 aliphatic heterocycles. The van der Waals surface area contributed by atoms with Crippen LogP contribution in [0.2, 0.25) is 0 Å². The molecular weight excluding hydrogens is 386 g/mol. The van der Waals surface area contributed by atoms with E-state index in [-0.39, 0.29) is 17.4 Å². The number of fused-ring (bicyclic) bond motifs is 2. The molecule has 7 heteroatoms. The number of hydrogen-bond acceptors (Lipinski definition) is 5. The molecule has 2 heterocycles. The maximum absolute atomic E-state index is 12.5. The van der Waals surface area contributed by atoms with Crippen LogP contribution in [0.5, 0.6) is 0 Å². The summed E-state index contributed by atoms with van der Waals surface area (Å²) in [6, 6.07) is 2.64. The van der Waals surface area contributed by atoms with E-state index in [2.05, 4.69) is 26.1 Å². The first-order valence-electron chi connectivity index (χ1n) is 10.0. The number of amides is 1. The van der Waals surface area contributed by atoms with Gasteiger partial charge in [-0.1, -0.05) is 34.1 Å². The highest BCUT2D eigenvalue weighted by molar-refractivity contribution is 5.97. The summed E-state index contributed by atoms with van der Waals surface area (Å²) in [4.78, 5) is 36.3. The quantitative estimate of drug-likeness (QED) is 0.590. The Morgan fingerprint density at radius 3 is 2.47 bits per heavy atom. The van der Waals surface area contributed by atoms with E-state index in [9.17, 15) is 19.5 Å². The normalized spacial score (nSPS) is 13.0. The highest BCUT2D eigenvalue weighted by atomic mass is 16.4. The second-order valence-corrected chi connectivity index (χ2v) is 8.66. The molecule has 0 saturated heterocycles. The Balaban J connectivity index is 2.03. The zero-order valence-corrected chi connectivity index (χ0v) is 17.9. The Hall–Kier alpha value is -3.09. The number of nitrogens with one attached hydrogen (secondary N) is 1. The van der Waals surface area contributed by atoms with Gasteiger partial charge in [0, 0.05) is 22.4 Å². The van der Waals surface area contributed by atoms with Crippen molar-refractivity contribution >= 4 is 33.8 Å². The lowest BCUT2D eigenvalue weighted by molar-refractivity contribution is -0.141. The average molecular weight is 413 g/mol. The smallest absolute Gasteiger partial charge is 0.340 e. The van der Waals surface area contributed by atoms with Crippen molar-refractivity contribution in [3.8, 4) is 0 Å². The third-order valence-electron chi connectivity index (χ3n) is 5.34. The van der Waals surface area contributed by atoms with Gasteiger partial charge in [-0.05, 0) is 30.4 Å². The molecule has 160 valence electrons. The number of carboxylic acid groups (broad SMARTS) is 1. The van der Waals surface area contributed by atoms with E-state index in [4.69, 9.17) is 8.83 Å². The average Bonchev–Trinajstić information content (AvgIpc) is 3.06. The van der Waals surface area contributed by atoms with Crippen molar-refractivity contribution in [1.29, 1.82) is 0 Å². The summed E-state index contributed by atoms with van der Waals surface area (Å²) in [5.41, 5.74) is 2.17. The number of carbonyl (C=O) groups is 2. The van der Waals surface area contributed by atoms with Crippen LogP contribution in [0.25, 0.3) is 21.9 Å². The van der Waals surface area contributed by atoms with Gasteiger partial charge in [0.05, 0.1) is 18.2 Å². The zero-order chi connectivity index (χ0) is 22.2. The molecule has 0 spiro atoms. The first-order chi connectivity index (χ1) is 14.0. The van der Waals surface area contributed by atoms with E-state index >= 15 is 0 Å². The van der Waals surface area contributed by atoms with Crippen LogP contribution in [0.4, 0.5) is 0 Å². The first-order valence-corrected chi connectivity index (χ1v) is 10.0. The molecule has 30 heavy (non-hydrogen) atoms. The number of rotatable bonds is 6. The highest BCUT2D eigenvalue weighted by Gasteiger charge is 2.23. The SMILES string of the molecule is CCCC(NC(=O)Cc1c(C)c2cc3c(C(C)(C)C)coc3cc2oc1=O)C(=O)O. The summed E-state index contributed by atoms with van der Waals surface area (Å²) in [5.74, 6) is -1.62. The second kappa shape index (κ2) is 7.97. The van der Waals surface area contributed by atoms with Gasteiger partial charge in [0.2, 0.25) is 5.91 Å². The summed E-state index contributed by atoms with van der Waals surface area (Å²) in [7, 11) is 0. The molecule has 0 aliphatic carbocycles. The van der Waals surface area contributed by atoms with Gasteiger partial charge < -0.3 is 19.3 Å². The minimum Gasteiger partial charge on any atom is -0.480 e. The highest BCUT2D eigenvalue weighted by Crippen LogP contribution is 2.35. The fourth-order valence-electron chi connectivity index (χ4n) is 3.65. The van der Waals surface area contributed by atoms with Crippen molar-refractivity contribution in [2.24, 2.45) is 0 Å². The number of benzene rings is 1. The summed E-state index contributed by atoms with van der Waals surface area (Å²) >= 11 is 0. The van der Waals surface area contributed by atoms with Gasteiger partial charge in [-0.25, -0.2) is 9.59 Å². The summed E-state index contributed by atoms with van der Waals surface area (Å²) in [6.07, 6.45) is 2.41. The molecule has 1 amide bonds. The Morgan fingerprint density at radius 1 is 1.17 bits per heavy atom. The second-order valence-electron chi connectivity index (χ2n) is 8.66. The molecule has 7 nitrogen and oxygen atoms in total. The van der Waals surface area contributed by atoms with Gasteiger partial charge in [0.25, 0.3) is 0 Å². The molecule has 0 saturated carbocycles. The number of aryl methyl sites for hydroxylation is 1. The Morgan fingerprint density at radius 2 is 1.87 bits per heavy atom. The lowest BCUT2D eigenvalue weighted by Gasteiger charge is -2.17. The maximum atomic E-state index is 12.5. The number of aliphatic carboxylic acids is 1. The maximum Gasteiger partial charge on any atom is 0.340 e. The van der Waals surface area contributed by atoms with Crippen LogP contribution >= 0.6 is 0 Å². The lowest BCUT2D eigenvalue weighted by Crippen LogP contribution is -2.41. The van der Waals surface area contributed by atoms with Crippen LogP contribution < -0.4 is 10.9 Å². The van der Waals surface area contributed by atoms with Crippen LogP contribution in [0.3, 0.4) is 0 Å². The number of carboxylic acids is 1. The van der Waals surface area contributed by atoms with Crippen molar-refractivity contribution in [2.45, 2.75) is 65.3 Å². The third kappa shape index (κ3) is 4.10. The van der Waals surface area contributed by atoms with Crippen LogP contribution in [0.15, 0.2) is 32.0 Å². The predicted octanol–water partition coefficient (Wildman–Crippen LogP) is 4.06. The fourth-order valence-corrected chi connectivity index (χ4v) is 3.65. The summed E-state index contributed by atoms with van der Waals surface area (Å²) < 4.78 is 11.1. The van der Waals surface area contributed by atoms with Gasteiger partial charge in [0.15, 0.2) is 0 Å². The van der Waals surface area contributed by atoms with Gasteiger partial charge in [0.1, 0.15) is 17.2 Å². The largest absolute Gasteiger partial charge is 0.480 e. The standard InChI is InChI=1S/C23H27NO6/c1-6-7-17(21(26)27)24-20(25)9-14-12(2)13-8-15-16(23(3,4)5)11-29-18(15)10-19(13)30-22(14)28/h8,10-11,17H,6-7,9H2,1-5H3,(H,24,25)(H,26,27). The van der Waals surface area contributed by atoms with Crippen LogP contribution in [0.1, 0.15) is 57.2 Å². The first kappa shape index (κ1) is 21.6. The molecule has 3 aromatic rings. The number of furan rings is 1. The van der Waals surface area contributed by atoms with Crippen molar-refractivity contribution < 1.29 is 23.5 Å². The number of carbonyl (C=O) groups excluding carboxylic acids is 1. The van der Waals surface area contributed by atoms with E-state index < -0.39 is 23.5 Å². The van der Waals surface area contributed by atoms with Crippen LogP contribution in [-0.4, -0.2) is 23.0 Å². The van der Waals surface area contributed by atoms with Crippen molar-refractivity contribution in [3.63, 3.8) is 0 Å².